The van der Waals surface area contributed by atoms with Crippen molar-refractivity contribution in [3.05, 3.63) is 27.7 Å². The number of halogens is 2. The fourth-order valence-corrected chi connectivity index (χ4v) is 7.59. The molecule has 0 unspecified atom stereocenters. The van der Waals surface area contributed by atoms with Gasteiger partial charge >= 0.3 is 0 Å². The van der Waals surface area contributed by atoms with Crippen molar-refractivity contribution in [3.8, 4) is 0 Å². The van der Waals surface area contributed by atoms with Crippen molar-refractivity contribution in [2.45, 2.75) is 31.1 Å². The molecule has 2 atom stereocenters. The minimum absolute atomic E-state index is 0.0536. The Bertz CT molecular complexity index is 813. The molecule has 1 aromatic carbocycles. The molecule has 0 aliphatic carbocycles. The molecule has 2 heterocycles. The van der Waals surface area contributed by atoms with E-state index < -0.39 is 9.84 Å². The van der Waals surface area contributed by atoms with Crippen molar-refractivity contribution in [2.24, 2.45) is 4.99 Å². The Morgan fingerprint density at radius 3 is 2.88 bits per heavy atom. The van der Waals surface area contributed by atoms with Crippen molar-refractivity contribution in [1.29, 1.82) is 0 Å². The zero-order valence-electron chi connectivity index (χ0n) is 12.9. The van der Waals surface area contributed by atoms with E-state index in [2.05, 4.69) is 20.9 Å². The van der Waals surface area contributed by atoms with Crippen LogP contribution >= 0.6 is 39.3 Å². The van der Waals surface area contributed by atoms with Crippen molar-refractivity contribution in [2.75, 3.05) is 16.4 Å². The first-order chi connectivity index (χ1) is 11.3. The molecule has 9 heteroatoms. The molecule has 2 aliphatic rings. The predicted molar refractivity (Wildman–Crippen MR) is 103 cm³/mol. The quantitative estimate of drug-likeness (QED) is 0.703. The summed E-state index contributed by atoms with van der Waals surface area (Å²) in [5.74, 6) is -0.0347. The van der Waals surface area contributed by atoms with Crippen molar-refractivity contribution >= 4 is 65.9 Å². The number of benzene rings is 1. The summed E-state index contributed by atoms with van der Waals surface area (Å²) in [7, 11) is -3.08. The molecule has 0 bridgehead atoms. The first-order valence-corrected chi connectivity index (χ1v) is 11.4. The summed E-state index contributed by atoms with van der Waals surface area (Å²) in [6, 6.07) is 5.17. The first-order valence-electron chi connectivity index (χ1n) is 7.53. The maximum Gasteiger partial charge on any atom is 0.248 e. The summed E-state index contributed by atoms with van der Waals surface area (Å²) in [6.45, 7) is 1.92. The normalized spacial score (nSPS) is 26.8. The number of amidine groups is 1. The van der Waals surface area contributed by atoms with Gasteiger partial charge in [-0.15, -0.1) is 0 Å². The number of anilines is 1. The van der Waals surface area contributed by atoms with Gasteiger partial charge in [0.15, 0.2) is 15.0 Å². The van der Waals surface area contributed by atoms with Gasteiger partial charge in [-0.1, -0.05) is 46.2 Å². The van der Waals surface area contributed by atoms with Gasteiger partial charge in [-0.25, -0.2) is 8.42 Å². The van der Waals surface area contributed by atoms with E-state index in [1.54, 1.807) is 6.07 Å². The van der Waals surface area contributed by atoms with Crippen LogP contribution in [0.5, 0.6) is 0 Å². The van der Waals surface area contributed by atoms with Crippen LogP contribution in [0, 0.1) is 0 Å². The molecule has 3 rings (SSSR count). The Balaban J connectivity index is 2.03. The summed E-state index contributed by atoms with van der Waals surface area (Å²) in [4.78, 5) is 18.0. The summed E-state index contributed by atoms with van der Waals surface area (Å²) >= 11 is 11.1. The van der Waals surface area contributed by atoms with Crippen LogP contribution in [0.3, 0.4) is 0 Å². The number of rotatable bonds is 3. The van der Waals surface area contributed by atoms with Crippen LogP contribution in [0.15, 0.2) is 27.7 Å². The van der Waals surface area contributed by atoms with Gasteiger partial charge in [-0.3, -0.25) is 4.79 Å². The molecule has 2 fully saturated rings. The van der Waals surface area contributed by atoms with Crippen molar-refractivity contribution in [3.63, 3.8) is 0 Å². The van der Waals surface area contributed by atoms with Crippen LogP contribution in [-0.2, 0) is 14.6 Å². The number of carbonyl (C=O) groups is 1. The fourth-order valence-electron chi connectivity index (χ4n) is 2.90. The Labute approximate surface area is 158 Å². The Morgan fingerprint density at radius 1 is 1.46 bits per heavy atom. The second kappa shape index (κ2) is 6.97. The van der Waals surface area contributed by atoms with E-state index in [-0.39, 0.29) is 28.7 Å². The minimum atomic E-state index is -3.08. The van der Waals surface area contributed by atoms with Gasteiger partial charge in [0.1, 0.15) is 0 Å². The number of carbonyl (C=O) groups excluding carboxylic acids is 1. The molecule has 0 saturated carbocycles. The van der Waals surface area contributed by atoms with E-state index in [0.29, 0.717) is 22.3 Å². The van der Waals surface area contributed by atoms with Crippen LogP contribution in [-0.4, -0.2) is 42.3 Å². The van der Waals surface area contributed by atoms with Gasteiger partial charge < -0.3 is 4.90 Å². The van der Waals surface area contributed by atoms with E-state index in [1.807, 2.05) is 24.0 Å². The number of hydrogen-bond acceptors (Lipinski definition) is 4. The molecular formula is C15H16BrClN2O3S2. The van der Waals surface area contributed by atoms with Crippen LogP contribution in [0.1, 0.15) is 19.8 Å². The van der Waals surface area contributed by atoms with Crippen molar-refractivity contribution < 1.29 is 13.2 Å². The molecular weight excluding hydrogens is 436 g/mol. The van der Waals surface area contributed by atoms with Crippen LogP contribution in [0.25, 0.3) is 0 Å². The zero-order chi connectivity index (χ0) is 17.5. The zero-order valence-corrected chi connectivity index (χ0v) is 16.9. The third kappa shape index (κ3) is 3.66. The molecule has 0 aromatic heterocycles. The Hall–Kier alpha value is -0.570. The molecule has 5 nitrogen and oxygen atoms in total. The second-order valence-corrected chi connectivity index (χ2v) is 10.5. The highest BCUT2D eigenvalue weighted by atomic mass is 79.9. The number of amides is 1. The summed E-state index contributed by atoms with van der Waals surface area (Å²) < 4.78 is 24.8. The molecule has 130 valence electrons. The lowest BCUT2D eigenvalue weighted by atomic mass is 10.2. The standard InChI is InChI=1S/C15H16BrClN2O3S2/c1-2-3-14(20)18-15-19(11-5-4-9(16)6-10(11)17)12-7-24(21,22)8-13(12)23-15/h4-6,12-13H,2-3,7-8H2,1H3/t12-,13+/m1/s1. The van der Waals surface area contributed by atoms with Gasteiger partial charge in [0.05, 0.1) is 28.3 Å². The average Bonchev–Trinajstić information content (AvgIpc) is 2.91. The summed E-state index contributed by atoms with van der Waals surface area (Å²) in [5, 5.41) is 0.913. The highest BCUT2D eigenvalue weighted by Crippen LogP contribution is 2.43. The third-order valence-corrected chi connectivity index (χ3v) is 7.93. The highest BCUT2D eigenvalue weighted by molar-refractivity contribution is 9.10. The minimum Gasteiger partial charge on any atom is -0.314 e. The maximum absolute atomic E-state index is 12.0. The fraction of sp³-hybridized carbons (Fsp3) is 0.467. The number of sulfone groups is 1. The molecule has 0 radical (unpaired) electrons. The van der Waals surface area contributed by atoms with E-state index >= 15 is 0 Å². The molecule has 0 N–H and O–H groups in total. The topological polar surface area (TPSA) is 66.8 Å². The van der Waals surface area contributed by atoms with E-state index in [0.717, 1.165) is 10.9 Å². The molecule has 2 aliphatic heterocycles. The van der Waals surface area contributed by atoms with Gasteiger partial charge in [0.2, 0.25) is 5.91 Å². The van der Waals surface area contributed by atoms with Crippen molar-refractivity contribution in [1.82, 2.24) is 0 Å². The molecule has 1 amide bonds. The van der Waals surface area contributed by atoms with E-state index in [9.17, 15) is 13.2 Å². The van der Waals surface area contributed by atoms with Gasteiger partial charge in [0.25, 0.3) is 0 Å². The number of nitrogens with zero attached hydrogens (tertiary/aromatic N) is 2. The van der Waals surface area contributed by atoms with Gasteiger partial charge in [-0.05, 0) is 24.6 Å². The highest BCUT2D eigenvalue weighted by Gasteiger charge is 2.49. The van der Waals surface area contributed by atoms with E-state index in [4.69, 9.17) is 11.6 Å². The molecule has 2 saturated heterocycles. The molecule has 1 aromatic rings. The Morgan fingerprint density at radius 2 is 2.21 bits per heavy atom. The lowest BCUT2D eigenvalue weighted by Gasteiger charge is -2.25. The monoisotopic (exact) mass is 450 g/mol. The lowest BCUT2D eigenvalue weighted by molar-refractivity contribution is -0.117. The van der Waals surface area contributed by atoms with Crippen LogP contribution in [0.2, 0.25) is 5.02 Å². The SMILES string of the molecule is CCCC(=O)N=C1S[C@H]2CS(=O)(=O)C[C@H]2N1c1ccc(Br)cc1Cl. The molecule has 24 heavy (non-hydrogen) atoms. The Kier molecular flexibility index (Phi) is 5.30. The number of aliphatic imine (C=N–C) groups is 1. The smallest absolute Gasteiger partial charge is 0.248 e. The number of thioether (sulfide) groups is 1. The lowest BCUT2D eigenvalue weighted by Crippen LogP contribution is -2.37. The number of hydrogen-bond donors (Lipinski definition) is 0. The van der Waals surface area contributed by atoms with E-state index in [1.165, 1.54) is 11.8 Å². The van der Waals surface area contributed by atoms with Crippen LogP contribution in [0.4, 0.5) is 5.69 Å². The second-order valence-electron chi connectivity index (χ2n) is 5.80. The number of fused-ring (bicyclic) bond motifs is 1. The van der Waals surface area contributed by atoms with Crippen LogP contribution < -0.4 is 4.90 Å². The average molecular weight is 452 g/mol. The third-order valence-electron chi connectivity index (χ3n) is 3.92. The largest absolute Gasteiger partial charge is 0.314 e. The summed E-state index contributed by atoms with van der Waals surface area (Å²) in [5.41, 5.74) is 0.681. The van der Waals surface area contributed by atoms with Gasteiger partial charge in [0, 0.05) is 16.1 Å². The summed E-state index contributed by atoms with van der Waals surface area (Å²) in [6.07, 6.45) is 1.10. The van der Waals surface area contributed by atoms with Gasteiger partial charge in [-0.2, -0.15) is 4.99 Å². The predicted octanol–water partition coefficient (Wildman–Crippen LogP) is 3.50. The molecule has 0 spiro atoms. The first kappa shape index (κ1) is 18.2. The maximum atomic E-state index is 12.0.